The van der Waals surface area contributed by atoms with Crippen molar-refractivity contribution in [1.29, 1.82) is 0 Å². The van der Waals surface area contributed by atoms with Crippen LogP contribution in [0.1, 0.15) is 44.8 Å². The number of nitrogens with zero attached hydrogens (tertiary/aromatic N) is 1. The smallest absolute Gasteiger partial charge is 0.107 e. The minimum Gasteiger partial charge on any atom is -0.307 e. The SMILES string of the molecule is C#CCC(C)NCc1nc(C(C)(C)C)cs1. The van der Waals surface area contributed by atoms with Crippen LogP contribution >= 0.6 is 11.3 Å². The summed E-state index contributed by atoms with van der Waals surface area (Å²) >= 11 is 1.71. The summed E-state index contributed by atoms with van der Waals surface area (Å²) in [6.07, 6.45) is 6.02. The van der Waals surface area contributed by atoms with Crippen molar-refractivity contribution < 1.29 is 0 Å². The van der Waals surface area contributed by atoms with Gasteiger partial charge in [0.15, 0.2) is 0 Å². The molecule has 1 rings (SSSR count). The quantitative estimate of drug-likeness (QED) is 0.813. The minimum atomic E-state index is 0.138. The van der Waals surface area contributed by atoms with Gasteiger partial charge in [-0.05, 0) is 6.92 Å². The molecule has 0 aliphatic rings. The van der Waals surface area contributed by atoms with Crippen LogP contribution in [-0.4, -0.2) is 11.0 Å². The van der Waals surface area contributed by atoms with Crippen molar-refractivity contribution in [2.75, 3.05) is 0 Å². The molecule has 0 aromatic carbocycles. The Morgan fingerprint density at radius 2 is 2.25 bits per heavy atom. The van der Waals surface area contributed by atoms with E-state index in [2.05, 4.69) is 49.3 Å². The van der Waals surface area contributed by atoms with E-state index in [1.807, 2.05) is 0 Å². The standard InChI is InChI=1S/C13H20N2S/c1-6-7-10(2)14-8-12-15-11(9-16-12)13(3,4)5/h1,9-10,14H,7-8H2,2-5H3. The van der Waals surface area contributed by atoms with Crippen LogP contribution in [0, 0.1) is 12.3 Å². The van der Waals surface area contributed by atoms with Crippen LogP contribution < -0.4 is 5.32 Å². The molecule has 1 aromatic heterocycles. The zero-order valence-electron chi connectivity index (χ0n) is 10.5. The summed E-state index contributed by atoms with van der Waals surface area (Å²) in [5, 5.41) is 6.64. The molecule has 1 unspecified atom stereocenters. The number of thiazole rings is 1. The summed E-state index contributed by atoms with van der Waals surface area (Å²) in [5.41, 5.74) is 1.30. The third-order valence-electron chi connectivity index (χ3n) is 2.35. The second kappa shape index (κ2) is 5.47. The highest BCUT2D eigenvalue weighted by atomic mass is 32.1. The van der Waals surface area contributed by atoms with Gasteiger partial charge in [0.2, 0.25) is 0 Å². The van der Waals surface area contributed by atoms with Gasteiger partial charge < -0.3 is 5.32 Å². The molecule has 2 nitrogen and oxygen atoms in total. The fraction of sp³-hybridized carbons (Fsp3) is 0.615. The van der Waals surface area contributed by atoms with Gasteiger partial charge in [-0.3, -0.25) is 0 Å². The molecule has 3 heteroatoms. The lowest BCUT2D eigenvalue weighted by Gasteiger charge is -2.14. The van der Waals surface area contributed by atoms with Gasteiger partial charge in [0, 0.05) is 29.8 Å². The van der Waals surface area contributed by atoms with Crippen molar-refractivity contribution in [2.45, 2.75) is 52.1 Å². The van der Waals surface area contributed by atoms with E-state index in [-0.39, 0.29) is 5.41 Å². The third kappa shape index (κ3) is 3.96. The van der Waals surface area contributed by atoms with Crippen molar-refractivity contribution >= 4 is 11.3 Å². The molecule has 0 radical (unpaired) electrons. The zero-order chi connectivity index (χ0) is 12.2. The molecule has 88 valence electrons. The van der Waals surface area contributed by atoms with Crippen LogP contribution in [0.3, 0.4) is 0 Å². The van der Waals surface area contributed by atoms with Crippen molar-refractivity contribution in [3.63, 3.8) is 0 Å². The van der Waals surface area contributed by atoms with E-state index < -0.39 is 0 Å². The molecule has 0 saturated heterocycles. The van der Waals surface area contributed by atoms with E-state index in [0.29, 0.717) is 6.04 Å². The van der Waals surface area contributed by atoms with Crippen molar-refractivity contribution in [1.82, 2.24) is 10.3 Å². The predicted molar refractivity (Wildman–Crippen MR) is 70.6 cm³/mol. The number of nitrogens with one attached hydrogen (secondary N) is 1. The van der Waals surface area contributed by atoms with E-state index in [0.717, 1.165) is 18.0 Å². The number of rotatable bonds is 4. The first-order valence-electron chi connectivity index (χ1n) is 5.55. The minimum absolute atomic E-state index is 0.138. The molecule has 0 amide bonds. The Morgan fingerprint density at radius 1 is 1.56 bits per heavy atom. The molecule has 0 bridgehead atoms. The van der Waals surface area contributed by atoms with Crippen LogP contribution in [0.15, 0.2) is 5.38 Å². The molecular weight excluding hydrogens is 216 g/mol. The molecule has 1 N–H and O–H groups in total. The lowest BCUT2D eigenvalue weighted by atomic mass is 9.93. The Bertz CT molecular complexity index is 368. The average molecular weight is 236 g/mol. The van der Waals surface area contributed by atoms with Crippen LogP contribution in [-0.2, 0) is 12.0 Å². The normalized spacial score (nSPS) is 13.4. The lowest BCUT2D eigenvalue weighted by molar-refractivity contribution is 0.546. The molecule has 0 fully saturated rings. The molecule has 16 heavy (non-hydrogen) atoms. The molecule has 0 saturated carbocycles. The monoisotopic (exact) mass is 236 g/mol. The summed E-state index contributed by atoms with van der Waals surface area (Å²) in [6, 6.07) is 0.354. The van der Waals surface area contributed by atoms with Gasteiger partial charge in [-0.1, -0.05) is 20.8 Å². The molecule has 1 heterocycles. The molecule has 0 aliphatic carbocycles. The van der Waals surface area contributed by atoms with E-state index in [9.17, 15) is 0 Å². The first-order valence-corrected chi connectivity index (χ1v) is 6.43. The van der Waals surface area contributed by atoms with E-state index in [4.69, 9.17) is 6.42 Å². The summed E-state index contributed by atoms with van der Waals surface area (Å²) in [5.74, 6) is 2.65. The van der Waals surface area contributed by atoms with Crippen molar-refractivity contribution in [3.8, 4) is 12.3 Å². The maximum atomic E-state index is 5.26. The second-order valence-electron chi connectivity index (χ2n) is 5.07. The van der Waals surface area contributed by atoms with Gasteiger partial charge in [-0.2, -0.15) is 0 Å². The maximum absolute atomic E-state index is 5.26. The maximum Gasteiger partial charge on any atom is 0.107 e. The van der Waals surface area contributed by atoms with Gasteiger partial charge in [0.1, 0.15) is 5.01 Å². The fourth-order valence-electron chi connectivity index (χ4n) is 1.25. The van der Waals surface area contributed by atoms with Gasteiger partial charge >= 0.3 is 0 Å². The molecule has 0 aliphatic heterocycles. The third-order valence-corrected chi connectivity index (χ3v) is 3.19. The molecule has 1 aromatic rings. The van der Waals surface area contributed by atoms with Gasteiger partial charge in [-0.25, -0.2) is 4.98 Å². The fourth-order valence-corrected chi connectivity index (χ4v) is 2.22. The lowest BCUT2D eigenvalue weighted by Crippen LogP contribution is -2.24. The van der Waals surface area contributed by atoms with Crippen molar-refractivity contribution in [3.05, 3.63) is 16.1 Å². The number of hydrogen-bond donors (Lipinski definition) is 1. The van der Waals surface area contributed by atoms with Gasteiger partial charge in [0.05, 0.1) is 5.69 Å². The Labute approximate surface area is 102 Å². The Kier molecular flexibility index (Phi) is 4.52. The summed E-state index contributed by atoms with van der Waals surface area (Å²) in [4.78, 5) is 4.62. The van der Waals surface area contributed by atoms with Crippen LogP contribution in [0.2, 0.25) is 0 Å². The Hall–Kier alpha value is -0.850. The van der Waals surface area contributed by atoms with Crippen LogP contribution in [0.4, 0.5) is 0 Å². The summed E-state index contributed by atoms with van der Waals surface area (Å²) in [7, 11) is 0. The Balaban J connectivity index is 2.51. The predicted octanol–water partition coefficient (Wildman–Crippen LogP) is 2.94. The number of aromatic nitrogens is 1. The molecular formula is C13H20N2S. The van der Waals surface area contributed by atoms with Crippen LogP contribution in [0.25, 0.3) is 0 Å². The topological polar surface area (TPSA) is 24.9 Å². The largest absolute Gasteiger partial charge is 0.307 e. The van der Waals surface area contributed by atoms with Crippen LogP contribution in [0.5, 0.6) is 0 Å². The number of hydrogen-bond acceptors (Lipinski definition) is 3. The van der Waals surface area contributed by atoms with E-state index in [1.165, 1.54) is 5.69 Å². The Morgan fingerprint density at radius 3 is 2.75 bits per heavy atom. The molecule has 0 spiro atoms. The van der Waals surface area contributed by atoms with Crippen molar-refractivity contribution in [2.24, 2.45) is 0 Å². The first kappa shape index (κ1) is 13.2. The van der Waals surface area contributed by atoms with Gasteiger partial charge in [0.25, 0.3) is 0 Å². The summed E-state index contributed by atoms with van der Waals surface area (Å²) < 4.78 is 0. The highest BCUT2D eigenvalue weighted by Gasteiger charge is 2.17. The zero-order valence-corrected chi connectivity index (χ0v) is 11.3. The van der Waals surface area contributed by atoms with E-state index in [1.54, 1.807) is 11.3 Å². The highest BCUT2D eigenvalue weighted by molar-refractivity contribution is 7.09. The summed E-state index contributed by atoms with van der Waals surface area (Å²) in [6.45, 7) is 9.45. The van der Waals surface area contributed by atoms with E-state index >= 15 is 0 Å². The highest BCUT2D eigenvalue weighted by Crippen LogP contribution is 2.23. The first-order chi connectivity index (χ1) is 7.43. The number of terminal acetylenes is 1. The van der Waals surface area contributed by atoms with Gasteiger partial charge in [-0.15, -0.1) is 23.7 Å². The average Bonchev–Trinajstić information content (AvgIpc) is 2.63. The second-order valence-corrected chi connectivity index (χ2v) is 6.01. The molecule has 1 atom stereocenters.